The van der Waals surface area contributed by atoms with Gasteiger partial charge in [-0.15, -0.1) is 0 Å². The summed E-state index contributed by atoms with van der Waals surface area (Å²) in [5.41, 5.74) is 0.0551. The van der Waals surface area contributed by atoms with Gasteiger partial charge in [0.1, 0.15) is 0 Å². The second kappa shape index (κ2) is 6.38. The van der Waals surface area contributed by atoms with Crippen molar-refractivity contribution in [1.82, 2.24) is 10.2 Å². The molecule has 2 aliphatic rings. The smallest absolute Gasteiger partial charge is 0.314 e. The van der Waals surface area contributed by atoms with E-state index in [4.69, 9.17) is 11.6 Å². The lowest BCUT2D eigenvalue weighted by Gasteiger charge is -2.35. The number of benzene rings is 1. The van der Waals surface area contributed by atoms with Crippen LogP contribution in [-0.4, -0.2) is 31.1 Å². The molecule has 2 nitrogen and oxygen atoms in total. The Morgan fingerprint density at radius 1 is 1.18 bits per heavy atom. The molecule has 122 valence electrons. The number of nitrogens with zero attached hydrogens (tertiary/aromatic N) is 1. The van der Waals surface area contributed by atoms with Crippen molar-refractivity contribution in [3.63, 3.8) is 0 Å². The summed E-state index contributed by atoms with van der Waals surface area (Å²) in [6, 6.07) is 4.03. The van der Waals surface area contributed by atoms with E-state index in [0.717, 1.165) is 38.7 Å². The fraction of sp³-hybridized carbons (Fsp3) is 0.625. The highest BCUT2D eigenvalue weighted by Crippen LogP contribution is 2.42. The van der Waals surface area contributed by atoms with E-state index in [1.54, 1.807) is 6.07 Å². The molecule has 0 amide bonds. The molecule has 1 saturated heterocycles. The Bertz CT molecular complexity index is 523. The van der Waals surface area contributed by atoms with Crippen molar-refractivity contribution in [3.8, 4) is 0 Å². The van der Waals surface area contributed by atoms with E-state index in [1.807, 2.05) is 0 Å². The summed E-state index contributed by atoms with van der Waals surface area (Å²) in [5.74, 6) is 0.646. The minimum Gasteiger partial charge on any atom is -0.314 e. The SMILES string of the molecule is FC(F)(F)c1cc(Cl)cc([C@@H](CC2CC2)N2CCNCC2)c1. The van der Waals surface area contributed by atoms with Gasteiger partial charge in [0.05, 0.1) is 5.56 Å². The third-order valence-corrected chi connectivity index (χ3v) is 4.70. The predicted molar refractivity (Wildman–Crippen MR) is 81.0 cm³/mol. The first-order valence-electron chi connectivity index (χ1n) is 7.76. The Morgan fingerprint density at radius 3 is 2.45 bits per heavy atom. The molecule has 1 aromatic rings. The molecule has 1 atom stereocenters. The van der Waals surface area contributed by atoms with Crippen LogP contribution in [0.2, 0.25) is 5.02 Å². The maximum Gasteiger partial charge on any atom is 0.416 e. The molecular weight excluding hydrogens is 313 g/mol. The lowest BCUT2D eigenvalue weighted by molar-refractivity contribution is -0.137. The number of halogens is 4. The van der Waals surface area contributed by atoms with Crippen LogP contribution >= 0.6 is 11.6 Å². The molecule has 3 rings (SSSR count). The molecule has 0 radical (unpaired) electrons. The highest BCUT2D eigenvalue weighted by atomic mass is 35.5. The van der Waals surface area contributed by atoms with Crippen molar-refractivity contribution in [2.45, 2.75) is 31.5 Å². The number of rotatable bonds is 4. The summed E-state index contributed by atoms with van der Waals surface area (Å²) in [5, 5.41) is 3.46. The molecular formula is C16H20ClF3N2. The van der Waals surface area contributed by atoms with Crippen molar-refractivity contribution in [3.05, 3.63) is 34.3 Å². The predicted octanol–water partition coefficient (Wildman–Crippen LogP) is 4.11. The lowest BCUT2D eigenvalue weighted by Crippen LogP contribution is -2.45. The average Bonchev–Trinajstić information content (AvgIpc) is 3.28. The minimum absolute atomic E-state index is 0.0365. The zero-order chi connectivity index (χ0) is 15.7. The highest BCUT2D eigenvalue weighted by molar-refractivity contribution is 6.30. The highest BCUT2D eigenvalue weighted by Gasteiger charge is 2.34. The molecule has 0 unspecified atom stereocenters. The fourth-order valence-corrected chi connectivity index (χ4v) is 3.37. The Balaban J connectivity index is 1.90. The number of hydrogen-bond acceptors (Lipinski definition) is 2. The van der Waals surface area contributed by atoms with E-state index < -0.39 is 11.7 Å². The average molecular weight is 333 g/mol. The van der Waals surface area contributed by atoms with Crippen LogP contribution in [0.15, 0.2) is 18.2 Å². The molecule has 0 aromatic heterocycles. The third kappa shape index (κ3) is 3.94. The molecule has 1 saturated carbocycles. The number of alkyl halides is 3. The third-order valence-electron chi connectivity index (χ3n) is 4.48. The number of nitrogens with one attached hydrogen (secondary N) is 1. The Morgan fingerprint density at radius 2 is 1.86 bits per heavy atom. The topological polar surface area (TPSA) is 15.3 Å². The van der Waals surface area contributed by atoms with Gasteiger partial charge in [-0.25, -0.2) is 0 Å². The first-order chi connectivity index (χ1) is 10.4. The molecule has 22 heavy (non-hydrogen) atoms. The van der Waals surface area contributed by atoms with Gasteiger partial charge in [-0.2, -0.15) is 13.2 Å². The summed E-state index contributed by atoms with van der Waals surface area (Å²) < 4.78 is 39.1. The molecule has 2 fully saturated rings. The molecule has 6 heteroatoms. The fourth-order valence-electron chi connectivity index (χ4n) is 3.13. The Kier molecular flexibility index (Phi) is 4.67. The van der Waals surface area contributed by atoms with Gasteiger partial charge in [0.2, 0.25) is 0 Å². The molecule has 1 aliphatic heterocycles. The van der Waals surface area contributed by atoms with Gasteiger partial charge in [0, 0.05) is 37.2 Å². The largest absolute Gasteiger partial charge is 0.416 e. The Hall–Kier alpha value is -0.780. The van der Waals surface area contributed by atoms with Gasteiger partial charge in [0.15, 0.2) is 0 Å². The van der Waals surface area contributed by atoms with Crippen LogP contribution in [0.3, 0.4) is 0 Å². The lowest BCUT2D eigenvalue weighted by atomic mass is 9.97. The molecule has 1 N–H and O–H groups in total. The van der Waals surface area contributed by atoms with Crippen LogP contribution in [0.1, 0.15) is 36.4 Å². The van der Waals surface area contributed by atoms with Gasteiger partial charge in [-0.05, 0) is 36.1 Å². The summed E-state index contributed by atoms with van der Waals surface area (Å²) >= 11 is 5.96. The van der Waals surface area contributed by atoms with Crippen LogP contribution in [0, 0.1) is 5.92 Å². The summed E-state index contributed by atoms with van der Waals surface area (Å²) in [4.78, 5) is 2.29. The van der Waals surface area contributed by atoms with E-state index >= 15 is 0 Å². The van der Waals surface area contributed by atoms with E-state index in [-0.39, 0.29) is 11.1 Å². The normalized spacial score (nSPS) is 21.8. The molecule has 1 aromatic carbocycles. The monoisotopic (exact) mass is 332 g/mol. The van der Waals surface area contributed by atoms with Crippen LogP contribution in [-0.2, 0) is 6.18 Å². The molecule has 0 bridgehead atoms. The quantitative estimate of drug-likeness (QED) is 0.892. The molecule has 1 aliphatic carbocycles. The van der Waals surface area contributed by atoms with Crippen LogP contribution in [0.4, 0.5) is 13.2 Å². The van der Waals surface area contributed by atoms with E-state index in [0.29, 0.717) is 11.5 Å². The standard InChI is InChI=1S/C16H20ClF3N2/c17-14-9-12(8-13(10-14)16(18,19)20)15(7-11-1-2-11)22-5-3-21-4-6-22/h8-11,15,21H,1-7H2/t15-/m1/s1. The molecule has 0 spiro atoms. The Labute approximate surface area is 133 Å². The summed E-state index contributed by atoms with van der Waals surface area (Å²) in [7, 11) is 0. The second-order valence-corrected chi connectivity index (χ2v) is 6.69. The van der Waals surface area contributed by atoms with Crippen molar-refractivity contribution in [1.29, 1.82) is 0 Å². The first kappa shape index (κ1) is 16.1. The number of piperazine rings is 1. The van der Waals surface area contributed by atoms with Gasteiger partial charge in [-0.1, -0.05) is 24.4 Å². The van der Waals surface area contributed by atoms with Crippen molar-refractivity contribution in [2.75, 3.05) is 26.2 Å². The maximum atomic E-state index is 13.0. The van der Waals surface area contributed by atoms with Gasteiger partial charge >= 0.3 is 6.18 Å². The zero-order valence-corrected chi connectivity index (χ0v) is 13.1. The maximum absolute atomic E-state index is 13.0. The van der Waals surface area contributed by atoms with Gasteiger partial charge < -0.3 is 5.32 Å². The van der Waals surface area contributed by atoms with Crippen LogP contribution in [0.25, 0.3) is 0 Å². The van der Waals surface area contributed by atoms with E-state index in [1.165, 1.54) is 18.9 Å². The van der Waals surface area contributed by atoms with Gasteiger partial charge in [0.25, 0.3) is 0 Å². The summed E-state index contributed by atoms with van der Waals surface area (Å²) in [6.07, 6.45) is -1.05. The zero-order valence-electron chi connectivity index (χ0n) is 12.3. The number of hydrogen-bond donors (Lipinski definition) is 1. The second-order valence-electron chi connectivity index (χ2n) is 6.25. The molecule has 1 heterocycles. The van der Waals surface area contributed by atoms with E-state index in [2.05, 4.69) is 10.2 Å². The summed E-state index contributed by atoms with van der Waals surface area (Å²) in [6.45, 7) is 3.50. The van der Waals surface area contributed by atoms with Gasteiger partial charge in [-0.3, -0.25) is 4.90 Å². The van der Waals surface area contributed by atoms with Crippen LogP contribution < -0.4 is 5.32 Å². The first-order valence-corrected chi connectivity index (χ1v) is 8.14. The van der Waals surface area contributed by atoms with Crippen molar-refractivity contribution < 1.29 is 13.2 Å². The van der Waals surface area contributed by atoms with Crippen LogP contribution in [0.5, 0.6) is 0 Å². The van der Waals surface area contributed by atoms with E-state index in [9.17, 15) is 13.2 Å². The minimum atomic E-state index is -4.35. The van der Waals surface area contributed by atoms with Crippen molar-refractivity contribution in [2.24, 2.45) is 5.92 Å². The van der Waals surface area contributed by atoms with Crippen molar-refractivity contribution >= 4 is 11.6 Å².